The largest absolute Gasteiger partial charge is 0.475 e. The molecular weight excluding hydrogens is 583 g/mol. The Morgan fingerprint density at radius 3 is 2.15 bits per heavy atom. The highest BCUT2D eigenvalue weighted by atomic mass is 16.6. The fourth-order valence-corrected chi connectivity index (χ4v) is 7.09. The molecule has 0 aromatic heterocycles. The summed E-state index contributed by atoms with van der Waals surface area (Å²) in [5.74, 6) is -1.51. The third-order valence-corrected chi connectivity index (χ3v) is 9.88. The van der Waals surface area contributed by atoms with Gasteiger partial charge in [0.25, 0.3) is 0 Å². The number of ether oxygens (including phenoxy) is 1. The van der Waals surface area contributed by atoms with Crippen LogP contribution in [0.1, 0.15) is 92.0 Å². The van der Waals surface area contributed by atoms with E-state index in [0.29, 0.717) is 32.5 Å². The number of amides is 3. The van der Waals surface area contributed by atoms with Gasteiger partial charge in [-0.2, -0.15) is 0 Å². The molecule has 2 fully saturated rings. The normalized spacial score (nSPS) is 24.7. The van der Waals surface area contributed by atoms with Crippen LogP contribution < -0.4 is 10.6 Å². The molecule has 11 heteroatoms. The Bertz CT molecular complexity index is 1330. The van der Waals surface area contributed by atoms with Crippen molar-refractivity contribution in [2.45, 2.75) is 122 Å². The first kappa shape index (κ1) is 33.9. The van der Waals surface area contributed by atoms with Crippen LogP contribution in [0.25, 0.3) is 0 Å². The van der Waals surface area contributed by atoms with E-state index < -0.39 is 43.2 Å². The number of aryl methyl sites for hydroxylation is 2. The molecule has 1 unspecified atom stereocenters. The smallest absolute Gasteiger partial charge is 0.444 e. The second kappa shape index (κ2) is 15.9. The highest BCUT2D eigenvalue weighted by Gasteiger charge is 2.44. The van der Waals surface area contributed by atoms with Crippen LogP contribution in [0.15, 0.2) is 42.5 Å². The lowest BCUT2D eigenvalue weighted by Gasteiger charge is -2.30. The number of hydrogen-bond donors (Lipinski definition) is 4. The average Bonchev–Trinajstić information content (AvgIpc) is 3.66. The Morgan fingerprint density at radius 2 is 1.52 bits per heavy atom. The van der Waals surface area contributed by atoms with Gasteiger partial charge in [-0.15, -0.1) is 0 Å². The molecule has 46 heavy (non-hydrogen) atoms. The number of hydrogen-bond acceptors (Lipinski definition) is 7. The first-order valence-corrected chi connectivity index (χ1v) is 17.0. The van der Waals surface area contributed by atoms with E-state index >= 15 is 0 Å². The third-order valence-electron chi connectivity index (χ3n) is 9.88. The van der Waals surface area contributed by atoms with Crippen molar-refractivity contribution in [2.75, 3.05) is 6.54 Å². The monoisotopic (exact) mass is 632 g/mol. The van der Waals surface area contributed by atoms with Crippen LogP contribution >= 0.6 is 0 Å². The first-order chi connectivity index (χ1) is 22.2. The van der Waals surface area contributed by atoms with Crippen LogP contribution in [0.2, 0.25) is 0 Å². The summed E-state index contributed by atoms with van der Waals surface area (Å²) in [4.78, 5) is 44.6. The first-order valence-electron chi connectivity index (χ1n) is 17.0. The van der Waals surface area contributed by atoms with E-state index in [0.717, 1.165) is 72.8 Å². The van der Waals surface area contributed by atoms with Crippen LogP contribution in [0, 0.1) is 13.8 Å². The molecule has 3 aliphatic rings. The zero-order valence-electron chi connectivity index (χ0n) is 27.2. The van der Waals surface area contributed by atoms with Gasteiger partial charge in [-0.25, -0.2) is 4.79 Å². The molecular formula is C35H49BN4O6. The molecule has 0 aliphatic carbocycles. The topological polar surface area (TPSA) is 131 Å². The number of carbonyl (C=O) groups excluding carboxylic acids is 3. The molecule has 2 aromatic rings. The van der Waals surface area contributed by atoms with Crippen molar-refractivity contribution in [1.29, 1.82) is 0 Å². The Balaban J connectivity index is 1.35. The maximum atomic E-state index is 14.3. The zero-order valence-corrected chi connectivity index (χ0v) is 27.2. The van der Waals surface area contributed by atoms with Gasteiger partial charge in [0.2, 0.25) is 11.8 Å². The van der Waals surface area contributed by atoms with Crippen LogP contribution in [-0.4, -0.2) is 75.5 Å². The lowest BCUT2D eigenvalue weighted by Crippen LogP contribution is -2.56. The summed E-state index contributed by atoms with van der Waals surface area (Å²) in [5.41, 5.74) is 5.61. The molecule has 3 aliphatic heterocycles. The van der Waals surface area contributed by atoms with Gasteiger partial charge in [0, 0.05) is 26.1 Å². The summed E-state index contributed by atoms with van der Waals surface area (Å²) in [6.07, 6.45) is 6.86. The minimum atomic E-state index is -1.72. The van der Waals surface area contributed by atoms with E-state index in [1.807, 2.05) is 30.3 Å². The molecule has 4 atom stereocenters. The van der Waals surface area contributed by atoms with Crippen LogP contribution in [0.5, 0.6) is 0 Å². The van der Waals surface area contributed by atoms with E-state index in [9.17, 15) is 24.4 Å². The highest BCUT2D eigenvalue weighted by molar-refractivity contribution is 6.43. The van der Waals surface area contributed by atoms with Gasteiger partial charge in [-0.3, -0.25) is 14.5 Å². The number of benzene rings is 2. The van der Waals surface area contributed by atoms with Gasteiger partial charge in [0.15, 0.2) is 0 Å². The maximum absolute atomic E-state index is 14.3. The minimum absolute atomic E-state index is 0.0946. The quantitative estimate of drug-likeness (QED) is 0.368. The predicted octanol–water partition coefficient (Wildman–Crippen LogP) is 3.90. The second-order valence-corrected chi connectivity index (χ2v) is 13.3. The van der Waals surface area contributed by atoms with E-state index in [4.69, 9.17) is 4.74 Å². The molecule has 0 radical (unpaired) electrons. The summed E-state index contributed by atoms with van der Waals surface area (Å²) >= 11 is 0. The van der Waals surface area contributed by atoms with E-state index in [-0.39, 0.29) is 18.9 Å². The predicted molar refractivity (Wildman–Crippen MR) is 176 cm³/mol. The number of rotatable bonds is 5. The van der Waals surface area contributed by atoms with Gasteiger partial charge in [0.1, 0.15) is 12.1 Å². The molecule has 10 nitrogen and oxygen atoms in total. The minimum Gasteiger partial charge on any atom is -0.444 e. The van der Waals surface area contributed by atoms with Gasteiger partial charge in [-0.05, 0) is 54.5 Å². The summed E-state index contributed by atoms with van der Waals surface area (Å²) in [6.45, 7) is 5.65. The number of nitrogens with one attached hydrogen (secondary N) is 2. The van der Waals surface area contributed by atoms with Gasteiger partial charge >= 0.3 is 13.2 Å². The van der Waals surface area contributed by atoms with Crippen molar-refractivity contribution in [2.24, 2.45) is 0 Å². The highest BCUT2D eigenvalue weighted by Crippen LogP contribution is 2.28. The second-order valence-electron chi connectivity index (χ2n) is 13.3. The maximum Gasteiger partial charge on any atom is 0.475 e. The molecule has 3 heterocycles. The molecule has 4 N–H and O–H groups in total. The Labute approximate surface area is 273 Å². The van der Waals surface area contributed by atoms with Crippen LogP contribution in [0.4, 0.5) is 4.79 Å². The molecule has 248 valence electrons. The third kappa shape index (κ3) is 8.49. The molecule has 5 rings (SSSR count). The average molecular weight is 633 g/mol. The molecule has 2 saturated heterocycles. The lowest BCUT2D eigenvalue weighted by molar-refractivity contribution is -0.140. The molecule has 0 spiro atoms. The van der Waals surface area contributed by atoms with Crippen molar-refractivity contribution in [3.8, 4) is 0 Å². The van der Waals surface area contributed by atoms with Crippen molar-refractivity contribution in [3.63, 3.8) is 0 Å². The van der Waals surface area contributed by atoms with Crippen LogP contribution in [-0.2, 0) is 34.0 Å². The summed E-state index contributed by atoms with van der Waals surface area (Å²) < 4.78 is 5.95. The van der Waals surface area contributed by atoms with Gasteiger partial charge in [0.05, 0.1) is 18.5 Å². The lowest BCUT2D eigenvalue weighted by atomic mass is 9.76. The summed E-state index contributed by atoms with van der Waals surface area (Å²) in [5, 5.41) is 26.5. The summed E-state index contributed by atoms with van der Waals surface area (Å²) in [7, 11) is -1.72. The van der Waals surface area contributed by atoms with Crippen molar-refractivity contribution in [1.82, 2.24) is 20.4 Å². The Hall–Kier alpha value is -3.41. The standard InChI is InChI=1S/C35H49BN4O6/c1-24-13-12-14-25(2)29(24)20-37-30-17-8-6-4-3-5-7-9-18-32(36(44)45)38-33(41)31-19-28(23-40(31)34(30)42)46-35(43)39-21-26-15-10-11-16-27(26)22-39/h10-16,28,30-32,37,44-45H,3-9,17-23H2,1-2H3,(H,38,41)/t28-,30?,31+,32-/m1/s1. The number of fused-ring (bicyclic) bond motifs is 2. The van der Waals surface area contributed by atoms with Crippen molar-refractivity contribution in [3.05, 3.63) is 70.3 Å². The van der Waals surface area contributed by atoms with Crippen molar-refractivity contribution >= 4 is 25.0 Å². The fourth-order valence-electron chi connectivity index (χ4n) is 7.09. The zero-order chi connectivity index (χ0) is 32.6. The van der Waals surface area contributed by atoms with E-state index in [1.165, 1.54) is 0 Å². The van der Waals surface area contributed by atoms with E-state index in [2.05, 4.69) is 36.6 Å². The molecule has 2 aromatic carbocycles. The number of carbonyl (C=O) groups is 3. The SMILES string of the molecule is Cc1cccc(C)c1CNC1CCCCCCCCC[C@H](B(O)O)NC(=O)[C@@H]2C[C@@H](OC(=O)N3Cc4ccccc4C3)CN2C1=O. The van der Waals surface area contributed by atoms with Gasteiger partial charge in [-0.1, -0.05) is 87.4 Å². The molecule has 0 saturated carbocycles. The Morgan fingerprint density at radius 1 is 0.913 bits per heavy atom. The fraction of sp³-hybridized carbons (Fsp3) is 0.571. The van der Waals surface area contributed by atoms with E-state index in [1.54, 1.807) is 9.80 Å². The van der Waals surface area contributed by atoms with Crippen molar-refractivity contribution < 1.29 is 29.2 Å². The Kier molecular flexibility index (Phi) is 11.8. The van der Waals surface area contributed by atoms with Gasteiger partial charge < -0.3 is 30.3 Å². The summed E-state index contributed by atoms with van der Waals surface area (Å²) in [6, 6.07) is 12.6. The molecule has 3 amide bonds. The number of nitrogens with zero attached hydrogens (tertiary/aromatic N) is 2. The molecule has 0 bridgehead atoms. The van der Waals surface area contributed by atoms with Crippen LogP contribution in [0.3, 0.4) is 0 Å².